The molecule has 1 aliphatic rings. The van der Waals surface area contributed by atoms with Gasteiger partial charge >= 0.3 is 0 Å². The molecule has 0 spiro atoms. The van der Waals surface area contributed by atoms with E-state index >= 15 is 0 Å². The Kier molecular flexibility index (Phi) is 3.94. The second-order valence-corrected chi connectivity index (χ2v) is 5.31. The molecule has 1 aliphatic heterocycles. The van der Waals surface area contributed by atoms with Gasteiger partial charge in [0.15, 0.2) is 0 Å². The maximum absolute atomic E-state index is 12.1. The van der Waals surface area contributed by atoms with Crippen molar-refractivity contribution in [2.24, 2.45) is 5.92 Å². The van der Waals surface area contributed by atoms with Gasteiger partial charge in [-0.1, -0.05) is 27.5 Å². The van der Waals surface area contributed by atoms with Gasteiger partial charge in [0, 0.05) is 23.4 Å². The molecule has 1 aromatic rings. The molecule has 0 aromatic heterocycles. The lowest BCUT2D eigenvalue weighted by molar-refractivity contribution is 0.0785. The fraction of sp³-hybridized carbons (Fsp3) is 0.417. The third kappa shape index (κ3) is 2.75. The summed E-state index contributed by atoms with van der Waals surface area (Å²) in [5, 5.41) is 11.0. The van der Waals surface area contributed by atoms with Crippen LogP contribution in [-0.2, 0) is 0 Å². The summed E-state index contributed by atoms with van der Waals surface area (Å²) in [5.41, 5.74) is 0.324. The molecular weight excluding hydrogens is 305 g/mol. The van der Waals surface area contributed by atoms with Gasteiger partial charge in [-0.2, -0.15) is 0 Å². The molecule has 1 fully saturated rings. The van der Waals surface area contributed by atoms with Gasteiger partial charge in [0.2, 0.25) is 0 Å². The van der Waals surface area contributed by atoms with Crippen LogP contribution in [0.15, 0.2) is 18.2 Å². The number of carbonyl (C=O) groups excluding carboxylic acids is 1. The number of likely N-dealkylation sites (tertiary alicyclic amines) is 1. The van der Waals surface area contributed by atoms with Gasteiger partial charge in [-0.3, -0.25) is 4.79 Å². The highest BCUT2D eigenvalue weighted by atomic mass is 79.9. The minimum absolute atomic E-state index is 0.0511. The van der Waals surface area contributed by atoms with Crippen molar-refractivity contribution in [1.82, 2.24) is 4.90 Å². The van der Waals surface area contributed by atoms with Gasteiger partial charge in [-0.25, -0.2) is 0 Å². The van der Waals surface area contributed by atoms with Crippen molar-refractivity contribution in [3.05, 3.63) is 28.8 Å². The van der Waals surface area contributed by atoms with Gasteiger partial charge in [0.25, 0.3) is 5.91 Å². The quantitative estimate of drug-likeness (QED) is 0.852. The zero-order valence-electron chi connectivity index (χ0n) is 9.20. The van der Waals surface area contributed by atoms with Gasteiger partial charge < -0.3 is 10.0 Å². The lowest BCUT2D eigenvalue weighted by Gasteiger charge is -2.16. The predicted octanol–water partition coefficient (Wildman–Crippen LogP) is 2.90. The molecule has 1 unspecified atom stereocenters. The van der Waals surface area contributed by atoms with Crippen molar-refractivity contribution < 1.29 is 9.90 Å². The average molecular weight is 319 g/mol. The summed E-state index contributed by atoms with van der Waals surface area (Å²) < 4.78 is 0. The second-order valence-electron chi connectivity index (χ2n) is 4.22. The first-order valence-electron chi connectivity index (χ1n) is 5.45. The molecule has 17 heavy (non-hydrogen) atoms. The average Bonchev–Trinajstić information content (AvgIpc) is 2.76. The zero-order chi connectivity index (χ0) is 12.4. The van der Waals surface area contributed by atoms with Crippen LogP contribution in [0.2, 0.25) is 5.02 Å². The van der Waals surface area contributed by atoms with Crippen molar-refractivity contribution >= 4 is 33.4 Å². The first-order chi connectivity index (χ1) is 8.11. The molecule has 3 nitrogen and oxygen atoms in total. The first kappa shape index (κ1) is 12.7. The van der Waals surface area contributed by atoms with Crippen molar-refractivity contribution in [1.29, 1.82) is 0 Å². The van der Waals surface area contributed by atoms with Crippen LogP contribution in [0.3, 0.4) is 0 Å². The summed E-state index contributed by atoms with van der Waals surface area (Å²) in [7, 11) is 0. The molecule has 1 heterocycles. The number of carbonyl (C=O) groups is 1. The lowest BCUT2D eigenvalue weighted by Crippen LogP contribution is -2.28. The summed E-state index contributed by atoms with van der Waals surface area (Å²) >= 11 is 9.16. The van der Waals surface area contributed by atoms with E-state index in [0.29, 0.717) is 16.5 Å². The fourth-order valence-corrected chi connectivity index (χ4v) is 2.69. The number of halogens is 2. The highest BCUT2D eigenvalue weighted by molar-refractivity contribution is 9.09. The van der Waals surface area contributed by atoms with Crippen molar-refractivity contribution in [2.45, 2.75) is 6.42 Å². The Morgan fingerprint density at radius 3 is 2.94 bits per heavy atom. The Morgan fingerprint density at radius 1 is 1.59 bits per heavy atom. The standard InChI is InChI=1S/C12H13BrClNO2/c13-6-8-3-4-15(7-8)12(17)10-2-1-9(14)5-11(10)16/h1-2,5,8,16H,3-4,6-7H2. The van der Waals surface area contributed by atoms with Gasteiger partial charge in [0.05, 0.1) is 5.56 Å². The Bertz CT molecular complexity index is 439. The highest BCUT2D eigenvalue weighted by Crippen LogP contribution is 2.26. The number of benzene rings is 1. The molecule has 1 aromatic carbocycles. The van der Waals surface area contributed by atoms with E-state index in [9.17, 15) is 9.90 Å². The number of hydrogen-bond donors (Lipinski definition) is 1. The summed E-state index contributed by atoms with van der Waals surface area (Å²) in [6, 6.07) is 4.58. The fourth-order valence-electron chi connectivity index (χ4n) is 2.00. The van der Waals surface area contributed by atoms with Gasteiger partial charge in [0.1, 0.15) is 5.75 Å². The van der Waals surface area contributed by atoms with E-state index in [1.54, 1.807) is 17.0 Å². The number of aromatic hydroxyl groups is 1. The Labute approximate surface area is 114 Å². The summed E-state index contributed by atoms with van der Waals surface area (Å²) in [5.74, 6) is 0.334. The molecule has 92 valence electrons. The number of rotatable bonds is 2. The molecule has 1 amide bonds. The van der Waals surface area contributed by atoms with E-state index in [-0.39, 0.29) is 11.7 Å². The van der Waals surface area contributed by atoms with Crippen LogP contribution in [0.25, 0.3) is 0 Å². The van der Waals surface area contributed by atoms with E-state index in [1.165, 1.54) is 6.07 Å². The Balaban J connectivity index is 2.15. The van der Waals surface area contributed by atoms with E-state index < -0.39 is 0 Å². The Hall–Kier alpha value is -0.740. The van der Waals surface area contributed by atoms with Crippen molar-refractivity contribution in [3.8, 4) is 5.75 Å². The monoisotopic (exact) mass is 317 g/mol. The minimum atomic E-state index is -0.123. The molecule has 0 bridgehead atoms. The van der Waals surface area contributed by atoms with Crippen LogP contribution < -0.4 is 0 Å². The molecular formula is C12H13BrClNO2. The van der Waals surface area contributed by atoms with E-state index in [1.807, 2.05) is 0 Å². The zero-order valence-corrected chi connectivity index (χ0v) is 11.5. The molecule has 1 atom stereocenters. The largest absolute Gasteiger partial charge is 0.507 e. The molecule has 0 radical (unpaired) electrons. The molecule has 0 aliphatic carbocycles. The lowest BCUT2D eigenvalue weighted by atomic mass is 10.1. The third-order valence-electron chi connectivity index (χ3n) is 2.98. The predicted molar refractivity (Wildman–Crippen MR) is 70.9 cm³/mol. The maximum Gasteiger partial charge on any atom is 0.257 e. The Morgan fingerprint density at radius 2 is 2.35 bits per heavy atom. The van der Waals surface area contributed by atoms with E-state index in [0.717, 1.165) is 24.8 Å². The molecule has 0 saturated carbocycles. The number of alkyl halides is 1. The van der Waals surface area contributed by atoms with Crippen LogP contribution in [0.4, 0.5) is 0 Å². The van der Waals surface area contributed by atoms with Crippen LogP contribution in [-0.4, -0.2) is 34.3 Å². The van der Waals surface area contributed by atoms with Crippen molar-refractivity contribution in [3.63, 3.8) is 0 Å². The maximum atomic E-state index is 12.1. The summed E-state index contributed by atoms with van der Waals surface area (Å²) in [6.45, 7) is 1.49. The summed E-state index contributed by atoms with van der Waals surface area (Å²) in [6.07, 6.45) is 1.01. The topological polar surface area (TPSA) is 40.5 Å². The third-order valence-corrected chi connectivity index (χ3v) is 4.13. The van der Waals surface area contributed by atoms with Crippen molar-refractivity contribution in [2.75, 3.05) is 18.4 Å². The molecule has 2 rings (SSSR count). The number of nitrogens with zero attached hydrogens (tertiary/aromatic N) is 1. The van der Waals surface area contributed by atoms with Crippen LogP contribution >= 0.6 is 27.5 Å². The summed E-state index contributed by atoms with van der Waals surface area (Å²) in [4.78, 5) is 13.9. The number of hydrogen-bond acceptors (Lipinski definition) is 2. The number of phenols is 1. The molecule has 5 heteroatoms. The van der Waals surface area contributed by atoms with E-state index in [4.69, 9.17) is 11.6 Å². The van der Waals surface area contributed by atoms with Crippen LogP contribution in [0.1, 0.15) is 16.8 Å². The number of amides is 1. The van der Waals surface area contributed by atoms with Gasteiger partial charge in [-0.05, 0) is 30.5 Å². The van der Waals surface area contributed by atoms with Crippen LogP contribution in [0, 0.1) is 5.92 Å². The number of phenolic OH excluding ortho intramolecular Hbond substituents is 1. The first-order valence-corrected chi connectivity index (χ1v) is 6.95. The van der Waals surface area contributed by atoms with E-state index in [2.05, 4.69) is 15.9 Å². The second kappa shape index (κ2) is 5.27. The SMILES string of the molecule is O=C(c1ccc(Cl)cc1O)N1CCC(CBr)C1. The molecule has 1 saturated heterocycles. The smallest absolute Gasteiger partial charge is 0.257 e. The minimum Gasteiger partial charge on any atom is -0.507 e. The highest BCUT2D eigenvalue weighted by Gasteiger charge is 2.27. The van der Waals surface area contributed by atoms with Crippen LogP contribution in [0.5, 0.6) is 5.75 Å². The molecule has 1 N–H and O–H groups in total. The van der Waals surface area contributed by atoms with Gasteiger partial charge in [-0.15, -0.1) is 0 Å². The normalized spacial score (nSPS) is 19.6.